The number of carboxylic acid groups (broad SMARTS) is 1. The van der Waals surface area contributed by atoms with Crippen LogP contribution < -0.4 is 5.32 Å². The van der Waals surface area contributed by atoms with Crippen molar-refractivity contribution < 1.29 is 32.6 Å². The summed E-state index contributed by atoms with van der Waals surface area (Å²) in [5, 5.41) is 11.4. The van der Waals surface area contributed by atoms with Crippen LogP contribution in [0.25, 0.3) is 0 Å². The van der Waals surface area contributed by atoms with E-state index in [0.717, 1.165) is 0 Å². The molecule has 2 unspecified atom stereocenters. The van der Waals surface area contributed by atoms with Crippen LogP contribution in [0.5, 0.6) is 0 Å². The van der Waals surface area contributed by atoms with Crippen molar-refractivity contribution in [3.63, 3.8) is 0 Å². The predicted molar refractivity (Wildman–Crippen MR) is 58.4 cm³/mol. The van der Waals surface area contributed by atoms with Gasteiger partial charge in [-0.25, -0.2) is 0 Å². The fourth-order valence-electron chi connectivity index (χ4n) is 2.06. The summed E-state index contributed by atoms with van der Waals surface area (Å²) in [6.45, 7) is -1.72. The molecule has 0 heterocycles. The first-order chi connectivity index (χ1) is 8.79. The van der Waals surface area contributed by atoms with Gasteiger partial charge in [-0.2, -0.15) is 13.2 Å². The molecule has 8 heteroatoms. The van der Waals surface area contributed by atoms with Gasteiger partial charge in [-0.05, 0) is 12.8 Å². The van der Waals surface area contributed by atoms with Gasteiger partial charge in [0, 0.05) is 12.5 Å². The lowest BCUT2D eigenvalue weighted by molar-refractivity contribution is -0.174. The highest BCUT2D eigenvalue weighted by molar-refractivity contribution is 5.78. The molecular formula is C11H16F3NO4. The lowest BCUT2D eigenvalue weighted by Crippen LogP contribution is -2.40. The monoisotopic (exact) mass is 283 g/mol. The summed E-state index contributed by atoms with van der Waals surface area (Å²) in [6.07, 6.45) is -2.82. The number of rotatable bonds is 6. The average Bonchev–Trinajstić information content (AvgIpc) is 2.71. The van der Waals surface area contributed by atoms with Gasteiger partial charge in [0.2, 0.25) is 5.91 Å². The Hall–Kier alpha value is -1.31. The third kappa shape index (κ3) is 5.91. The van der Waals surface area contributed by atoms with Crippen LogP contribution in [0.1, 0.15) is 25.7 Å². The molecule has 0 aromatic heterocycles. The first-order valence-electron chi connectivity index (χ1n) is 5.96. The summed E-state index contributed by atoms with van der Waals surface area (Å²) >= 11 is 0. The topological polar surface area (TPSA) is 75.6 Å². The Labute approximate surface area is 108 Å². The summed E-state index contributed by atoms with van der Waals surface area (Å²) in [5.41, 5.74) is 0. The minimum Gasteiger partial charge on any atom is -0.481 e. The van der Waals surface area contributed by atoms with Gasteiger partial charge in [0.1, 0.15) is 6.61 Å². The molecular weight excluding hydrogens is 267 g/mol. The molecule has 1 amide bonds. The Balaban J connectivity index is 2.22. The molecule has 19 heavy (non-hydrogen) atoms. The molecule has 0 aliphatic heterocycles. The number of hydrogen-bond donors (Lipinski definition) is 2. The smallest absolute Gasteiger partial charge is 0.411 e. The Morgan fingerprint density at radius 2 is 2.00 bits per heavy atom. The van der Waals surface area contributed by atoms with E-state index in [4.69, 9.17) is 5.11 Å². The molecule has 1 saturated carbocycles. The number of carboxylic acids is 1. The second kappa shape index (κ2) is 6.74. The maximum atomic E-state index is 11.8. The zero-order chi connectivity index (χ0) is 14.5. The molecule has 0 bridgehead atoms. The standard InChI is InChI=1S/C11H16F3NO4/c12-11(13,14)6-19-5-4-9(16)15-8-3-1-2-7(8)10(17)18/h7-8H,1-6H2,(H,15,16)(H,17,18). The molecule has 1 aliphatic rings. The minimum atomic E-state index is -4.41. The van der Waals surface area contributed by atoms with E-state index in [2.05, 4.69) is 10.1 Å². The van der Waals surface area contributed by atoms with Crippen molar-refractivity contribution in [2.75, 3.05) is 13.2 Å². The van der Waals surface area contributed by atoms with Crippen LogP contribution in [0, 0.1) is 5.92 Å². The fourth-order valence-corrected chi connectivity index (χ4v) is 2.06. The second-order valence-electron chi connectivity index (χ2n) is 4.47. The Morgan fingerprint density at radius 1 is 1.32 bits per heavy atom. The highest BCUT2D eigenvalue weighted by Crippen LogP contribution is 2.25. The number of alkyl halides is 3. The SMILES string of the molecule is O=C(CCOCC(F)(F)F)NC1CCCC1C(=O)O. The highest BCUT2D eigenvalue weighted by atomic mass is 19.4. The number of halogens is 3. The van der Waals surface area contributed by atoms with Crippen LogP contribution >= 0.6 is 0 Å². The molecule has 110 valence electrons. The molecule has 1 rings (SSSR count). The third-order valence-corrected chi connectivity index (χ3v) is 2.92. The van der Waals surface area contributed by atoms with E-state index < -0.39 is 36.6 Å². The third-order valence-electron chi connectivity index (χ3n) is 2.92. The van der Waals surface area contributed by atoms with Gasteiger partial charge in [0.25, 0.3) is 0 Å². The summed E-state index contributed by atoms with van der Waals surface area (Å²) in [4.78, 5) is 22.3. The average molecular weight is 283 g/mol. The first kappa shape index (κ1) is 15.7. The van der Waals surface area contributed by atoms with Crippen molar-refractivity contribution in [3.05, 3.63) is 0 Å². The zero-order valence-corrected chi connectivity index (χ0v) is 10.2. The van der Waals surface area contributed by atoms with Crippen molar-refractivity contribution in [2.24, 2.45) is 5.92 Å². The Kier molecular flexibility index (Phi) is 5.59. The Bertz CT molecular complexity index is 332. The van der Waals surface area contributed by atoms with Crippen molar-refractivity contribution in [2.45, 2.75) is 37.9 Å². The number of amides is 1. The van der Waals surface area contributed by atoms with Crippen LogP contribution in [-0.2, 0) is 14.3 Å². The van der Waals surface area contributed by atoms with E-state index >= 15 is 0 Å². The maximum absolute atomic E-state index is 11.8. The van der Waals surface area contributed by atoms with Gasteiger partial charge in [-0.3, -0.25) is 9.59 Å². The molecule has 0 aromatic carbocycles. The molecule has 0 radical (unpaired) electrons. The molecule has 2 atom stereocenters. The van der Waals surface area contributed by atoms with Crippen molar-refractivity contribution in [3.8, 4) is 0 Å². The summed E-state index contributed by atoms with van der Waals surface area (Å²) in [7, 11) is 0. The van der Waals surface area contributed by atoms with Crippen molar-refractivity contribution in [1.29, 1.82) is 0 Å². The highest BCUT2D eigenvalue weighted by Gasteiger charge is 2.33. The lowest BCUT2D eigenvalue weighted by atomic mass is 10.0. The zero-order valence-electron chi connectivity index (χ0n) is 10.2. The molecule has 2 N–H and O–H groups in total. The minimum absolute atomic E-state index is 0.209. The van der Waals surface area contributed by atoms with Gasteiger partial charge in [0.05, 0.1) is 12.5 Å². The van der Waals surface area contributed by atoms with Crippen LogP contribution in [-0.4, -0.2) is 42.4 Å². The van der Waals surface area contributed by atoms with E-state index in [-0.39, 0.29) is 13.0 Å². The predicted octanol–water partition coefficient (Wildman–Crippen LogP) is 1.32. The maximum Gasteiger partial charge on any atom is 0.411 e. The molecule has 1 fully saturated rings. The molecule has 1 aliphatic carbocycles. The van der Waals surface area contributed by atoms with E-state index in [0.29, 0.717) is 19.3 Å². The van der Waals surface area contributed by atoms with E-state index in [1.54, 1.807) is 0 Å². The Morgan fingerprint density at radius 3 is 2.58 bits per heavy atom. The number of hydrogen-bond acceptors (Lipinski definition) is 3. The number of nitrogens with one attached hydrogen (secondary N) is 1. The summed E-state index contributed by atoms with van der Waals surface area (Å²) < 4.78 is 39.6. The fraction of sp³-hybridized carbons (Fsp3) is 0.818. The number of carbonyl (C=O) groups excluding carboxylic acids is 1. The first-order valence-corrected chi connectivity index (χ1v) is 5.96. The summed E-state index contributed by atoms with van der Waals surface area (Å²) in [5.74, 6) is -2.06. The van der Waals surface area contributed by atoms with Crippen LogP contribution in [0.15, 0.2) is 0 Å². The lowest BCUT2D eigenvalue weighted by Gasteiger charge is -2.17. The molecule has 0 spiro atoms. The number of carbonyl (C=O) groups is 2. The quantitative estimate of drug-likeness (QED) is 0.721. The van der Waals surface area contributed by atoms with Crippen LogP contribution in [0.4, 0.5) is 13.2 Å². The normalized spacial score (nSPS) is 23.3. The molecule has 0 saturated heterocycles. The second-order valence-corrected chi connectivity index (χ2v) is 4.47. The van der Waals surface area contributed by atoms with Gasteiger partial charge >= 0.3 is 12.1 Å². The summed E-state index contributed by atoms with van der Waals surface area (Å²) in [6, 6.07) is -0.437. The van der Waals surface area contributed by atoms with Gasteiger partial charge in [-0.1, -0.05) is 6.42 Å². The molecule has 0 aromatic rings. The van der Waals surface area contributed by atoms with Crippen LogP contribution in [0.2, 0.25) is 0 Å². The van der Waals surface area contributed by atoms with E-state index in [9.17, 15) is 22.8 Å². The van der Waals surface area contributed by atoms with Crippen molar-refractivity contribution >= 4 is 11.9 Å². The number of ether oxygens (including phenoxy) is 1. The van der Waals surface area contributed by atoms with E-state index in [1.165, 1.54) is 0 Å². The van der Waals surface area contributed by atoms with Gasteiger partial charge in [0.15, 0.2) is 0 Å². The van der Waals surface area contributed by atoms with Gasteiger partial charge < -0.3 is 15.2 Å². The van der Waals surface area contributed by atoms with E-state index in [1.807, 2.05) is 0 Å². The van der Waals surface area contributed by atoms with Crippen molar-refractivity contribution in [1.82, 2.24) is 5.32 Å². The molecule has 5 nitrogen and oxygen atoms in total. The van der Waals surface area contributed by atoms with Gasteiger partial charge in [-0.15, -0.1) is 0 Å². The number of aliphatic carboxylic acids is 1. The van der Waals surface area contributed by atoms with Crippen LogP contribution in [0.3, 0.4) is 0 Å². The largest absolute Gasteiger partial charge is 0.481 e.